The second-order valence-corrected chi connectivity index (χ2v) is 8.18. The molecular weight excluding hydrogens is 358 g/mol. The standard InChI is InChI=1S/C18H33N3O2S.ClH/c1-2-3-11-24-12-8-17(22)21-10-5-6-15(14-21)13-20-18(23)16-7-4-9-19-16;/h15-16,19H,2-14H2,1H3,(H,20,23);1H. The Bertz CT molecular complexity index is 406. The monoisotopic (exact) mass is 391 g/mol. The number of nitrogens with one attached hydrogen (secondary N) is 2. The minimum absolute atomic E-state index is 0. The molecule has 2 amide bonds. The van der Waals surface area contributed by atoms with Gasteiger partial charge in [0.05, 0.1) is 6.04 Å². The molecule has 2 fully saturated rings. The quantitative estimate of drug-likeness (QED) is 0.592. The smallest absolute Gasteiger partial charge is 0.237 e. The highest BCUT2D eigenvalue weighted by Crippen LogP contribution is 2.18. The van der Waals surface area contributed by atoms with Crippen molar-refractivity contribution in [2.75, 3.05) is 37.7 Å². The summed E-state index contributed by atoms with van der Waals surface area (Å²) in [6, 6.07) is -0.00790. The lowest BCUT2D eigenvalue weighted by atomic mass is 9.97. The summed E-state index contributed by atoms with van der Waals surface area (Å²) in [5.41, 5.74) is 0. The second kappa shape index (κ2) is 12.8. The van der Waals surface area contributed by atoms with Crippen molar-refractivity contribution in [2.45, 2.75) is 57.9 Å². The number of likely N-dealkylation sites (tertiary alicyclic amines) is 1. The molecule has 0 aromatic heterocycles. The number of thioether (sulfide) groups is 1. The summed E-state index contributed by atoms with van der Waals surface area (Å²) in [5, 5.41) is 6.31. The highest BCUT2D eigenvalue weighted by Gasteiger charge is 2.26. The Balaban J connectivity index is 0.00000312. The van der Waals surface area contributed by atoms with Crippen LogP contribution >= 0.6 is 24.2 Å². The third kappa shape index (κ3) is 8.18. The number of nitrogens with zero attached hydrogens (tertiary/aromatic N) is 1. The zero-order chi connectivity index (χ0) is 17.2. The van der Waals surface area contributed by atoms with Crippen LogP contribution in [0.1, 0.15) is 51.9 Å². The third-order valence-electron chi connectivity index (χ3n) is 4.92. The second-order valence-electron chi connectivity index (χ2n) is 6.96. The Morgan fingerprint density at radius 3 is 2.80 bits per heavy atom. The van der Waals surface area contributed by atoms with Crippen molar-refractivity contribution in [2.24, 2.45) is 5.92 Å². The van der Waals surface area contributed by atoms with Gasteiger partial charge in [-0.1, -0.05) is 13.3 Å². The van der Waals surface area contributed by atoms with Crippen LogP contribution in [0.3, 0.4) is 0 Å². The molecule has 2 unspecified atom stereocenters. The maximum Gasteiger partial charge on any atom is 0.237 e. The molecule has 2 rings (SSSR count). The fraction of sp³-hybridized carbons (Fsp3) is 0.889. The topological polar surface area (TPSA) is 61.4 Å². The molecular formula is C18H34ClN3O2S. The van der Waals surface area contributed by atoms with Gasteiger partial charge in [0.15, 0.2) is 0 Å². The summed E-state index contributed by atoms with van der Waals surface area (Å²) < 4.78 is 0. The van der Waals surface area contributed by atoms with Gasteiger partial charge in [-0.25, -0.2) is 0 Å². The summed E-state index contributed by atoms with van der Waals surface area (Å²) in [4.78, 5) is 26.4. The number of piperidine rings is 1. The summed E-state index contributed by atoms with van der Waals surface area (Å²) in [6.45, 7) is 5.52. The van der Waals surface area contributed by atoms with E-state index < -0.39 is 0 Å². The normalized spacial score (nSPS) is 23.2. The Kier molecular flexibility index (Phi) is 11.6. The Morgan fingerprint density at radius 2 is 2.08 bits per heavy atom. The lowest BCUT2D eigenvalue weighted by Gasteiger charge is -2.33. The van der Waals surface area contributed by atoms with Crippen LogP contribution in [0.5, 0.6) is 0 Å². The number of hydrogen-bond donors (Lipinski definition) is 2. The van der Waals surface area contributed by atoms with E-state index in [0.717, 1.165) is 56.8 Å². The number of carbonyl (C=O) groups excluding carboxylic acids is 2. The number of hydrogen-bond acceptors (Lipinski definition) is 4. The molecule has 2 N–H and O–H groups in total. The van der Waals surface area contributed by atoms with Crippen LogP contribution in [-0.4, -0.2) is 60.4 Å². The van der Waals surface area contributed by atoms with Crippen molar-refractivity contribution in [3.05, 3.63) is 0 Å². The van der Waals surface area contributed by atoms with Gasteiger partial charge in [-0.05, 0) is 50.3 Å². The molecule has 146 valence electrons. The molecule has 2 aliphatic rings. The molecule has 0 saturated carbocycles. The first-order valence-corrected chi connectivity index (χ1v) is 10.7. The van der Waals surface area contributed by atoms with E-state index in [1.165, 1.54) is 12.8 Å². The van der Waals surface area contributed by atoms with Gasteiger partial charge >= 0.3 is 0 Å². The fourth-order valence-electron chi connectivity index (χ4n) is 3.40. The molecule has 0 aromatic rings. The van der Waals surface area contributed by atoms with Crippen molar-refractivity contribution >= 4 is 36.0 Å². The Labute approximate surface area is 162 Å². The predicted octanol–water partition coefficient (Wildman–Crippen LogP) is 2.44. The zero-order valence-electron chi connectivity index (χ0n) is 15.4. The van der Waals surface area contributed by atoms with Gasteiger partial charge in [-0.2, -0.15) is 11.8 Å². The van der Waals surface area contributed by atoms with Crippen LogP contribution in [0.2, 0.25) is 0 Å². The molecule has 0 aromatic carbocycles. The molecule has 0 radical (unpaired) electrons. The molecule has 5 nitrogen and oxygen atoms in total. The molecule has 0 aliphatic carbocycles. The van der Waals surface area contributed by atoms with Crippen LogP contribution in [0.15, 0.2) is 0 Å². The molecule has 0 bridgehead atoms. The van der Waals surface area contributed by atoms with Crippen molar-refractivity contribution in [3.8, 4) is 0 Å². The van der Waals surface area contributed by atoms with Crippen LogP contribution in [-0.2, 0) is 9.59 Å². The molecule has 2 aliphatic heterocycles. The third-order valence-corrected chi connectivity index (χ3v) is 5.99. The first kappa shape index (κ1) is 22.6. The van der Waals surface area contributed by atoms with E-state index in [1.54, 1.807) is 0 Å². The fourth-order valence-corrected chi connectivity index (χ4v) is 4.42. The maximum atomic E-state index is 12.3. The van der Waals surface area contributed by atoms with E-state index in [4.69, 9.17) is 0 Å². The molecule has 2 saturated heterocycles. The Hall–Kier alpha value is -0.460. The van der Waals surface area contributed by atoms with Crippen LogP contribution in [0.25, 0.3) is 0 Å². The lowest BCUT2D eigenvalue weighted by molar-refractivity contribution is -0.132. The maximum absolute atomic E-state index is 12.3. The minimum Gasteiger partial charge on any atom is -0.354 e. The summed E-state index contributed by atoms with van der Waals surface area (Å²) in [7, 11) is 0. The van der Waals surface area contributed by atoms with Gasteiger partial charge in [0, 0.05) is 31.8 Å². The van der Waals surface area contributed by atoms with E-state index in [2.05, 4.69) is 17.6 Å². The van der Waals surface area contributed by atoms with Crippen molar-refractivity contribution in [1.29, 1.82) is 0 Å². The Morgan fingerprint density at radius 1 is 1.24 bits per heavy atom. The largest absolute Gasteiger partial charge is 0.354 e. The highest BCUT2D eigenvalue weighted by molar-refractivity contribution is 7.99. The van der Waals surface area contributed by atoms with E-state index in [-0.39, 0.29) is 30.3 Å². The van der Waals surface area contributed by atoms with E-state index in [1.807, 2.05) is 16.7 Å². The number of amides is 2. The molecule has 2 atom stereocenters. The van der Waals surface area contributed by atoms with E-state index in [0.29, 0.717) is 18.9 Å². The molecule has 7 heteroatoms. The van der Waals surface area contributed by atoms with Gasteiger partial charge < -0.3 is 15.5 Å². The number of rotatable bonds is 9. The summed E-state index contributed by atoms with van der Waals surface area (Å²) in [5.74, 6) is 2.91. The molecule has 25 heavy (non-hydrogen) atoms. The average Bonchev–Trinajstić information content (AvgIpc) is 3.14. The highest BCUT2D eigenvalue weighted by atomic mass is 35.5. The number of unbranched alkanes of at least 4 members (excludes halogenated alkanes) is 1. The van der Waals surface area contributed by atoms with Gasteiger partial charge in [-0.3, -0.25) is 9.59 Å². The van der Waals surface area contributed by atoms with Crippen LogP contribution < -0.4 is 10.6 Å². The zero-order valence-corrected chi connectivity index (χ0v) is 17.1. The predicted molar refractivity (Wildman–Crippen MR) is 107 cm³/mol. The van der Waals surface area contributed by atoms with Crippen LogP contribution in [0.4, 0.5) is 0 Å². The van der Waals surface area contributed by atoms with Gasteiger partial charge in [-0.15, -0.1) is 12.4 Å². The van der Waals surface area contributed by atoms with Gasteiger partial charge in [0.2, 0.25) is 11.8 Å². The summed E-state index contributed by atoms with van der Waals surface area (Å²) >= 11 is 1.89. The van der Waals surface area contributed by atoms with Gasteiger partial charge in [0.25, 0.3) is 0 Å². The lowest BCUT2D eigenvalue weighted by Crippen LogP contribution is -2.46. The van der Waals surface area contributed by atoms with Crippen molar-refractivity contribution < 1.29 is 9.59 Å². The first-order valence-electron chi connectivity index (χ1n) is 9.57. The number of carbonyl (C=O) groups is 2. The SMILES string of the molecule is CCCCSCCC(=O)N1CCCC(CNC(=O)C2CCCN2)C1.Cl. The van der Waals surface area contributed by atoms with Crippen molar-refractivity contribution in [3.63, 3.8) is 0 Å². The van der Waals surface area contributed by atoms with E-state index >= 15 is 0 Å². The van der Waals surface area contributed by atoms with E-state index in [9.17, 15) is 9.59 Å². The molecule has 2 heterocycles. The van der Waals surface area contributed by atoms with Gasteiger partial charge in [0.1, 0.15) is 0 Å². The number of halogens is 1. The average molecular weight is 392 g/mol. The van der Waals surface area contributed by atoms with Crippen LogP contribution in [0, 0.1) is 5.92 Å². The first-order chi connectivity index (χ1) is 11.7. The summed E-state index contributed by atoms with van der Waals surface area (Å²) in [6.07, 6.45) is 7.29. The van der Waals surface area contributed by atoms with Crippen molar-refractivity contribution in [1.82, 2.24) is 15.5 Å². The minimum atomic E-state index is -0.00790. The molecule has 0 spiro atoms.